The molecule has 0 fully saturated rings. The largest absolute Gasteiger partial charge is 0.330 e. The summed E-state index contributed by atoms with van der Waals surface area (Å²) in [5, 5.41) is 0.735. The van der Waals surface area contributed by atoms with Crippen molar-refractivity contribution in [2.75, 3.05) is 6.54 Å². The molecule has 2 aromatic rings. The molecule has 0 bridgehead atoms. The minimum atomic E-state index is 0.313. The van der Waals surface area contributed by atoms with Crippen LogP contribution in [0.3, 0.4) is 0 Å². The van der Waals surface area contributed by atoms with Crippen molar-refractivity contribution in [2.45, 2.75) is 46.1 Å². The smallest absolute Gasteiger partial charge is 0.114 e. The lowest BCUT2D eigenvalue weighted by molar-refractivity contribution is 0.470. The number of hydrogen-bond donors (Lipinski definition) is 1. The second kappa shape index (κ2) is 6.59. The van der Waals surface area contributed by atoms with Crippen LogP contribution in [0.5, 0.6) is 0 Å². The van der Waals surface area contributed by atoms with Crippen molar-refractivity contribution in [1.82, 2.24) is 9.55 Å². The second-order valence-electron chi connectivity index (χ2n) is 5.82. The number of nitrogens with two attached hydrogens (primary N) is 1. The SMILES string of the molecule is CCCn1c(C(CN)CC(C)C)nc2cc(Cl)ccc21. The van der Waals surface area contributed by atoms with Crippen molar-refractivity contribution in [3.05, 3.63) is 29.0 Å². The normalized spacial score (nSPS) is 13.3. The molecule has 0 saturated carbocycles. The fraction of sp³-hybridized carbons (Fsp3) is 0.562. The summed E-state index contributed by atoms with van der Waals surface area (Å²) in [6, 6.07) is 5.93. The first-order valence-electron chi connectivity index (χ1n) is 7.42. The third kappa shape index (κ3) is 3.15. The summed E-state index contributed by atoms with van der Waals surface area (Å²) >= 11 is 6.08. The maximum Gasteiger partial charge on any atom is 0.114 e. The van der Waals surface area contributed by atoms with E-state index in [1.54, 1.807) is 0 Å². The van der Waals surface area contributed by atoms with Crippen LogP contribution in [0.25, 0.3) is 11.0 Å². The molecule has 1 aromatic carbocycles. The van der Waals surface area contributed by atoms with Crippen LogP contribution in [-0.2, 0) is 6.54 Å². The highest BCUT2D eigenvalue weighted by atomic mass is 35.5. The summed E-state index contributed by atoms with van der Waals surface area (Å²) in [6.07, 6.45) is 2.15. The molecule has 20 heavy (non-hydrogen) atoms. The summed E-state index contributed by atoms with van der Waals surface area (Å²) in [7, 11) is 0. The summed E-state index contributed by atoms with van der Waals surface area (Å²) < 4.78 is 2.31. The van der Waals surface area contributed by atoms with Gasteiger partial charge in [0.25, 0.3) is 0 Å². The molecule has 0 radical (unpaired) electrons. The molecule has 2 N–H and O–H groups in total. The van der Waals surface area contributed by atoms with Gasteiger partial charge in [0.1, 0.15) is 5.82 Å². The first kappa shape index (κ1) is 15.3. The molecule has 4 heteroatoms. The van der Waals surface area contributed by atoms with E-state index in [1.807, 2.05) is 12.1 Å². The molecular formula is C16H24ClN3. The standard InChI is InChI=1S/C16H24ClN3/c1-4-7-20-15-6-5-13(17)9-14(15)19-16(20)12(10-18)8-11(2)3/h5-6,9,11-12H,4,7-8,10,18H2,1-3H3. The molecule has 1 heterocycles. The van der Waals surface area contributed by atoms with Gasteiger partial charge in [0, 0.05) is 24.0 Å². The lowest BCUT2D eigenvalue weighted by Crippen LogP contribution is -2.19. The zero-order chi connectivity index (χ0) is 14.7. The minimum absolute atomic E-state index is 0.313. The van der Waals surface area contributed by atoms with E-state index < -0.39 is 0 Å². The highest BCUT2D eigenvalue weighted by Crippen LogP contribution is 2.28. The van der Waals surface area contributed by atoms with Gasteiger partial charge in [0.15, 0.2) is 0 Å². The molecular weight excluding hydrogens is 270 g/mol. The van der Waals surface area contributed by atoms with E-state index in [9.17, 15) is 0 Å². The molecule has 0 aliphatic rings. The summed E-state index contributed by atoms with van der Waals surface area (Å²) in [4.78, 5) is 4.81. The lowest BCUT2D eigenvalue weighted by Gasteiger charge is -2.18. The number of aromatic nitrogens is 2. The Bertz CT molecular complexity index is 574. The Morgan fingerprint density at radius 3 is 2.70 bits per heavy atom. The number of imidazole rings is 1. The molecule has 3 nitrogen and oxygen atoms in total. The summed E-state index contributed by atoms with van der Waals surface area (Å²) in [5.74, 6) is 2.04. The van der Waals surface area contributed by atoms with Crippen LogP contribution in [-0.4, -0.2) is 16.1 Å². The van der Waals surface area contributed by atoms with Gasteiger partial charge in [-0.15, -0.1) is 0 Å². The Kier molecular flexibility index (Phi) is 5.06. The molecule has 2 rings (SSSR count). The van der Waals surface area contributed by atoms with Gasteiger partial charge in [0.2, 0.25) is 0 Å². The Morgan fingerprint density at radius 1 is 1.35 bits per heavy atom. The van der Waals surface area contributed by atoms with E-state index in [0.717, 1.165) is 41.3 Å². The van der Waals surface area contributed by atoms with Gasteiger partial charge in [-0.1, -0.05) is 32.4 Å². The maximum absolute atomic E-state index is 6.08. The van der Waals surface area contributed by atoms with Crippen LogP contribution in [0.4, 0.5) is 0 Å². The third-order valence-corrected chi connectivity index (χ3v) is 3.83. The number of halogens is 1. The third-order valence-electron chi connectivity index (χ3n) is 3.59. The van der Waals surface area contributed by atoms with E-state index in [-0.39, 0.29) is 0 Å². The number of fused-ring (bicyclic) bond motifs is 1. The van der Waals surface area contributed by atoms with Gasteiger partial charge in [-0.2, -0.15) is 0 Å². The van der Waals surface area contributed by atoms with Gasteiger partial charge < -0.3 is 10.3 Å². The average Bonchev–Trinajstić information content (AvgIpc) is 2.74. The fourth-order valence-corrected chi connectivity index (χ4v) is 2.93. The first-order chi connectivity index (χ1) is 9.56. The highest BCUT2D eigenvalue weighted by Gasteiger charge is 2.20. The van der Waals surface area contributed by atoms with Crippen LogP contribution in [0.2, 0.25) is 5.02 Å². The van der Waals surface area contributed by atoms with Crippen molar-refractivity contribution in [2.24, 2.45) is 11.7 Å². The average molecular weight is 294 g/mol. The van der Waals surface area contributed by atoms with Crippen LogP contribution in [0.1, 0.15) is 45.4 Å². The minimum Gasteiger partial charge on any atom is -0.330 e. The van der Waals surface area contributed by atoms with Crippen LogP contribution in [0.15, 0.2) is 18.2 Å². The molecule has 110 valence electrons. The van der Waals surface area contributed by atoms with E-state index >= 15 is 0 Å². The number of hydrogen-bond acceptors (Lipinski definition) is 2. The maximum atomic E-state index is 6.08. The quantitative estimate of drug-likeness (QED) is 0.868. The van der Waals surface area contributed by atoms with Crippen molar-refractivity contribution in [3.63, 3.8) is 0 Å². The fourth-order valence-electron chi connectivity index (χ4n) is 2.77. The van der Waals surface area contributed by atoms with Gasteiger partial charge in [-0.05, 0) is 37.0 Å². The zero-order valence-electron chi connectivity index (χ0n) is 12.6. The molecule has 1 unspecified atom stereocenters. The van der Waals surface area contributed by atoms with Crippen LogP contribution < -0.4 is 5.73 Å². The number of benzene rings is 1. The predicted molar refractivity (Wildman–Crippen MR) is 86.3 cm³/mol. The summed E-state index contributed by atoms with van der Waals surface area (Å²) in [6.45, 7) is 8.26. The monoisotopic (exact) mass is 293 g/mol. The lowest BCUT2D eigenvalue weighted by atomic mass is 9.96. The van der Waals surface area contributed by atoms with E-state index in [4.69, 9.17) is 22.3 Å². The van der Waals surface area contributed by atoms with Crippen molar-refractivity contribution >= 4 is 22.6 Å². The Labute approximate surface area is 126 Å². The van der Waals surface area contributed by atoms with Gasteiger partial charge in [0.05, 0.1) is 11.0 Å². The van der Waals surface area contributed by atoms with Gasteiger partial charge in [-0.25, -0.2) is 4.98 Å². The molecule has 1 atom stereocenters. The van der Waals surface area contributed by atoms with Crippen molar-refractivity contribution in [1.29, 1.82) is 0 Å². The van der Waals surface area contributed by atoms with Crippen molar-refractivity contribution < 1.29 is 0 Å². The molecule has 0 saturated heterocycles. The van der Waals surface area contributed by atoms with Crippen LogP contribution >= 0.6 is 11.6 Å². The number of aryl methyl sites for hydroxylation is 1. The highest BCUT2D eigenvalue weighted by molar-refractivity contribution is 6.31. The van der Waals surface area contributed by atoms with Gasteiger partial charge >= 0.3 is 0 Å². The Hall–Kier alpha value is -1.06. The number of rotatable bonds is 6. The van der Waals surface area contributed by atoms with E-state index in [2.05, 4.69) is 31.4 Å². The Morgan fingerprint density at radius 2 is 2.10 bits per heavy atom. The van der Waals surface area contributed by atoms with E-state index in [1.165, 1.54) is 0 Å². The van der Waals surface area contributed by atoms with Crippen LogP contribution in [0, 0.1) is 5.92 Å². The molecule has 0 spiro atoms. The second-order valence-corrected chi connectivity index (χ2v) is 6.25. The number of nitrogens with zero attached hydrogens (tertiary/aromatic N) is 2. The topological polar surface area (TPSA) is 43.8 Å². The first-order valence-corrected chi connectivity index (χ1v) is 7.80. The molecule has 0 aliphatic carbocycles. The van der Waals surface area contributed by atoms with Gasteiger partial charge in [-0.3, -0.25) is 0 Å². The zero-order valence-corrected chi connectivity index (χ0v) is 13.3. The van der Waals surface area contributed by atoms with Crippen molar-refractivity contribution in [3.8, 4) is 0 Å². The summed E-state index contributed by atoms with van der Waals surface area (Å²) in [5.41, 5.74) is 8.13. The molecule has 0 amide bonds. The molecule has 1 aromatic heterocycles. The van der Waals surface area contributed by atoms with E-state index in [0.29, 0.717) is 18.4 Å². The Balaban J connectivity index is 2.52. The molecule has 0 aliphatic heterocycles. The predicted octanol–water partition coefficient (Wildman–Crippen LogP) is 4.19.